The minimum Gasteiger partial charge on any atom is -0.378 e. The topological polar surface area (TPSA) is 38.3 Å². The fraction of sp³-hybridized carbons (Fsp3) is 0.500. The summed E-state index contributed by atoms with van der Waals surface area (Å²) in [6, 6.07) is 9.33. The standard InChI is InChI=1S/C14H19NO2/c1-2-13-12(8-9-17-13)10-15-14(16)11-6-4-3-5-7-11/h3-7,12-13H,2,8-10H2,1H3,(H,15,16)/t12-,13-/m1/s1. The Bertz CT molecular complexity index is 364. The van der Waals surface area contributed by atoms with Crippen molar-refractivity contribution in [1.82, 2.24) is 5.32 Å². The minimum absolute atomic E-state index is 0.00681. The highest BCUT2D eigenvalue weighted by Crippen LogP contribution is 2.22. The first-order valence-electron chi connectivity index (χ1n) is 6.26. The molecule has 0 unspecified atom stereocenters. The van der Waals surface area contributed by atoms with E-state index in [1.54, 1.807) is 0 Å². The van der Waals surface area contributed by atoms with Gasteiger partial charge in [-0.2, -0.15) is 0 Å². The number of carbonyl (C=O) groups is 1. The lowest BCUT2D eigenvalue weighted by molar-refractivity contribution is 0.0827. The third kappa shape index (κ3) is 3.07. The number of hydrogen-bond acceptors (Lipinski definition) is 2. The van der Waals surface area contributed by atoms with Crippen molar-refractivity contribution >= 4 is 5.91 Å². The van der Waals surface area contributed by atoms with Crippen LogP contribution in [0.5, 0.6) is 0 Å². The zero-order valence-corrected chi connectivity index (χ0v) is 10.2. The normalized spacial score (nSPS) is 23.6. The van der Waals surface area contributed by atoms with E-state index in [0.717, 1.165) is 25.0 Å². The summed E-state index contributed by atoms with van der Waals surface area (Å²) in [4.78, 5) is 11.8. The van der Waals surface area contributed by atoms with E-state index in [2.05, 4.69) is 12.2 Å². The van der Waals surface area contributed by atoms with Gasteiger partial charge in [-0.25, -0.2) is 0 Å². The molecule has 1 amide bonds. The molecule has 1 heterocycles. The van der Waals surface area contributed by atoms with Crippen LogP contribution in [0.25, 0.3) is 0 Å². The Hall–Kier alpha value is -1.35. The molecule has 3 nitrogen and oxygen atoms in total. The Balaban J connectivity index is 1.84. The maximum atomic E-state index is 11.8. The van der Waals surface area contributed by atoms with Gasteiger partial charge in [0.2, 0.25) is 0 Å². The number of hydrogen-bond donors (Lipinski definition) is 1. The maximum Gasteiger partial charge on any atom is 0.251 e. The van der Waals surface area contributed by atoms with Gasteiger partial charge in [-0.3, -0.25) is 4.79 Å². The molecule has 92 valence electrons. The van der Waals surface area contributed by atoms with Crippen LogP contribution >= 0.6 is 0 Å². The third-order valence-corrected chi connectivity index (χ3v) is 3.31. The van der Waals surface area contributed by atoms with Crippen molar-refractivity contribution < 1.29 is 9.53 Å². The van der Waals surface area contributed by atoms with Crippen LogP contribution in [-0.4, -0.2) is 25.2 Å². The molecule has 1 fully saturated rings. The molecule has 1 aromatic carbocycles. The summed E-state index contributed by atoms with van der Waals surface area (Å²) in [5.41, 5.74) is 0.722. The largest absolute Gasteiger partial charge is 0.378 e. The molecule has 17 heavy (non-hydrogen) atoms. The van der Waals surface area contributed by atoms with Crippen molar-refractivity contribution in [2.45, 2.75) is 25.9 Å². The van der Waals surface area contributed by atoms with Crippen LogP contribution in [0.1, 0.15) is 30.1 Å². The van der Waals surface area contributed by atoms with Crippen molar-refractivity contribution in [3.63, 3.8) is 0 Å². The first kappa shape index (κ1) is 12.1. The van der Waals surface area contributed by atoms with Crippen LogP contribution in [0.2, 0.25) is 0 Å². The van der Waals surface area contributed by atoms with Crippen molar-refractivity contribution in [3.05, 3.63) is 35.9 Å². The molecule has 1 N–H and O–H groups in total. The minimum atomic E-state index is 0.00681. The fourth-order valence-corrected chi connectivity index (χ4v) is 2.29. The molecule has 1 saturated heterocycles. The number of carbonyl (C=O) groups excluding carboxylic acids is 1. The Morgan fingerprint density at radius 2 is 2.18 bits per heavy atom. The molecule has 0 aromatic heterocycles. The zero-order valence-electron chi connectivity index (χ0n) is 10.2. The maximum absolute atomic E-state index is 11.8. The van der Waals surface area contributed by atoms with Gasteiger partial charge in [0, 0.05) is 24.6 Å². The van der Waals surface area contributed by atoms with Gasteiger partial charge in [0.15, 0.2) is 0 Å². The van der Waals surface area contributed by atoms with E-state index < -0.39 is 0 Å². The molecular formula is C14H19NO2. The Labute approximate surface area is 102 Å². The lowest BCUT2D eigenvalue weighted by atomic mass is 9.99. The van der Waals surface area contributed by atoms with Crippen LogP contribution < -0.4 is 5.32 Å². The van der Waals surface area contributed by atoms with E-state index in [-0.39, 0.29) is 5.91 Å². The van der Waals surface area contributed by atoms with E-state index in [1.165, 1.54) is 0 Å². The zero-order chi connectivity index (χ0) is 12.1. The van der Waals surface area contributed by atoms with Gasteiger partial charge in [-0.1, -0.05) is 25.1 Å². The van der Waals surface area contributed by atoms with Crippen molar-refractivity contribution in [2.75, 3.05) is 13.2 Å². The SMILES string of the molecule is CC[C@H]1OCC[C@@H]1CNC(=O)c1ccccc1. The first-order valence-corrected chi connectivity index (χ1v) is 6.26. The van der Waals surface area contributed by atoms with Gasteiger partial charge < -0.3 is 10.1 Å². The lowest BCUT2D eigenvalue weighted by Crippen LogP contribution is -2.32. The van der Waals surface area contributed by atoms with Crippen LogP contribution in [0, 0.1) is 5.92 Å². The van der Waals surface area contributed by atoms with Crippen LogP contribution in [-0.2, 0) is 4.74 Å². The number of nitrogens with one attached hydrogen (secondary N) is 1. The Morgan fingerprint density at radius 1 is 1.41 bits per heavy atom. The molecule has 0 bridgehead atoms. The Kier molecular flexibility index (Phi) is 4.15. The summed E-state index contributed by atoms with van der Waals surface area (Å²) >= 11 is 0. The molecule has 2 atom stereocenters. The highest BCUT2D eigenvalue weighted by molar-refractivity contribution is 5.94. The smallest absolute Gasteiger partial charge is 0.251 e. The summed E-state index contributed by atoms with van der Waals surface area (Å²) < 4.78 is 5.60. The molecule has 0 aliphatic carbocycles. The molecule has 1 aromatic rings. The number of amides is 1. The van der Waals surface area contributed by atoms with Gasteiger partial charge in [0.05, 0.1) is 6.10 Å². The van der Waals surface area contributed by atoms with Crippen LogP contribution in [0.3, 0.4) is 0 Å². The van der Waals surface area contributed by atoms with Gasteiger partial charge in [0.1, 0.15) is 0 Å². The number of rotatable bonds is 4. The highest BCUT2D eigenvalue weighted by Gasteiger charge is 2.26. The average molecular weight is 233 g/mol. The Morgan fingerprint density at radius 3 is 2.88 bits per heavy atom. The van der Waals surface area contributed by atoms with Crippen molar-refractivity contribution in [1.29, 1.82) is 0 Å². The second-order valence-corrected chi connectivity index (χ2v) is 4.44. The number of benzene rings is 1. The second-order valence-electron chi connectivity index (χ2n) is 4.44. The van der Waals surface area contributed by atoms with Gasteiger partial charge in [0.25, 0.3) is 5.91 Å². The summed E-state index contributed by atoms with van der Waals surface area (Å²) in [6.45, 7) is 3.67. The van der Waals surface area contributed by atoms with Gasteiger partial charge in [-0.05, 0) is 25.0 Å². The predicted molar refractivity (Wildman–Crippen MR) is 66.9 cm³/mol. The molecule has 2 rings (SSSR count). The molecule has 0 saturated carbocycles. The molecule has 1 aliphatic heterocycles. The number of ether oxygens (including phenoxy) is 1. The van der Waals surface area contributed by atoms with Crippen molar-refractivity contribution in [3.8, 4) is 0 Å². The molecule has 0 radical (unpaired) electrons. The quantitative estimate of drug-likeness (QED) is 0.866. The third-order valence-electron chi connectivity index (χ3n) is 3.31. The molecule has 3 heteroatoms. The molecule has 0 spiro atoms. The van der Waals surface area contributed by atoms with E-state index in [9.17, 15) is 4.79 Å². The fourth-order valence-electron chi connectivity index (χ4n) is 2.29. The van der Waals surface area contributed by atoms with E-state index in [1.807, 2.05) is 30.3 Å². The van der Waals surface area contributed by atoms with E-state index >= 15 is 0 Å². The average Bonchev–Trinajstić information content (AvgIpc) is 2.84. The highest BCUT2D eigenvalue weighted by atomic mass is 16.5. The second kappa shape index (κ2) is 5.82. The van der Waals surface area contributed by atoms with Crippen molar-refractivity contribution in [2.24, 2.45) is 5.92 Å². The summed E-state index contributed by atoms with van der Waals surface area (Å²) in [5, 5.41) is 2.99. The van der Waals surface area contributed by atoms with E-state index in [4.69, 9.17) is 4.74 Å². The predicted octanol–water partition coefficient (Wildman–Crippen LogP) is 2.23. The monoisotopic (exact) mass is 233 g/mol. The molecule has 1 aliphatic rings. The van der Waals surface area contributed by atoms with Gasteiger partial charge >= 0.3 is 0 Å². The summed E-state index contributed by atoms with van der Waals surface area (Å²) in [6.07, 6.45) is 2.38. The van der Waals surface area contributed by atoms with E-state index in [0.29, 0.717) is 18.6 Å². The molecular weight excluding hydrogens is 214 g/mol. The van der Waals surface area contributed by atoms with Crippen LogP contribution in [0.15, 0.2) is 30.3 Å². The van der Waals surface area contributed by atoms with Gasteiger partial charge in [-0.15, -0.1) is 0 Å². The first-order chi connectivity index (χ1) is 8.31. The summed E-state index contributed by atoms with van der Waals surface area (Å²) in [5.74, 6) is 0.472. The van der Waals surface area contributed by atoms with Crippen LogP contribution in [0.4, 0.5) is 0 Å². The summed E-state index contributed by atoms with van der Waals surface area (Å²) in [7, 11) is 0. The lowest BCUT2D eigenvalue weighted by Gasteiger charge is -2.17.